The maximum Gasteiger partial charge on any atom is 0.198 e. The predicted molar refractivity (Wildman–Crippen MR) is 74.8 cm³/mol. The van der Waals surface area contributed by atoms with Gasteiger partial charge in [-0.25, -0.2) is 0 Å². The Morgan fingerprint density at radius 1 is 0.818 bits per heavy atom. The molecule has 116 valence electrons. The number of carbonyl (C=O) groups excluding carboxylic acids is 1. The lowest BCUT2D eigenvalue weighted by atomic mass is 9.96. The minimum atomic E-state index is -1.90. The molecular weight excluding hydrogens is 292 g/mol. The number of hydrogen-bond acceptors (Lipinski definition) is 7. The molecular formula is C15H14O7. The minimum absolute atomic E-state index is 0.00872. The predicted octanol–water partition coefficient (Wildman–Crippen LogP) is 0.786. The van der Waals surface area contributed by atoms with E-state index in [9.17, 15) is 30.3 Å². The van der Waals surface area contributed by atoms with Crippen LogP contribution < -0.4 is 0 Å². The van der Waals surface area contributed by atoms with Gasteiger partial charge in [-0.3, -0.25) is 4.79 Å². The highest BCUT2D eigenvalue weighted by Crippen LogP contribution is 2.31. The molecule has 0 heterocycles. The molecule has 2 rings (SSSR count). The van der Waals surface area contributed by atoms with Crippen LogP contribution in [0.15, 0.2) is 36.4 Å². The molecule has 7 nitrogen and oxygen atoms in total. The average Bonchev–Trinajstić information content (AvgIpc) is 2.48. The average molecular weight is 306 g/mol. The van der Waals surface area contributed by atoms with E-state index in [0.29, 0.717) is 0 Å². The number of rotatable bonds is 4. The number of aromatic hydroxyl groups is 4. The maximum atomic E-state index is 12.1. The molecule has 2 aromatic carbocycles. The fourth-order valence-corrected chi connectivity index (χ4v) is 1.94. The third-order valence-electron chi connectivity index (χ3n) is 3.16. The number of aliphatic hydroxyl groups is 2. The second-order valence-electron chi connectivity index (χ2n) is 4.70. The van der Waals surface area contributed by atoms with Gasteiger partial charge in [-0.1, -0.05) is 6.07 Å². The van der Waals surface area contributed by atoms with Gasteiger partial charge in [-0.15, -0.1) is 0 Å². The number of carbonyl (C=O) groups is 1. The van der Waals surface area contributed by atoms with Crippen LogP contribution in [0.2, 0.25) is 0 Å². The molecule has 0 saturated carbocycles. The molecule has 0 aliphatic carbocycles. The molecule has 0 spiro atoms. The fourth-order valence-electron chi connectivity index (χ4n) is 1.94. The largest absolute Gasteiger partial charge is 0.508 e. The van der Waals surface area contributed by atoms with Crippen LogP contribution in [0, 0.1) is 0 Å². The number of aliphatic hydroxyl groups excluding tert-OH is 2. The summed E-state index contributed by atoms with van der Waals surface area (Å²) in [6.07, 6.45) is -3.58. The zero-order chi connectivity index (χ0) is 16.4. The van der Waals surface area contributed by atoms with Gasteiger partial charge < -0.3 is 30.6 Å². The SMILES string of the molecule is O=C(c1ccc(O)cc1O)[C@@H](O)[C@@H](O)c1ccc(O)c(O)c1. The first kappa shape index (κ1) is 15.6. The lowest BCUT2D eigenvalue weighted by Gasteiger charge is -2.18. The van der Waals surface area contributed by atoms with Gasteiger partial charge in [-0.2, -0.15) is 0 Å². The van der Waals surface area contributed by atoms with Crippen molar-refractivity contribution in [1.82, 2.24) is 0 Å². The van der Waals surface area contributed by atoms with Crippen molar-refractivity contribution in [3.05, 3.63) is 47.5 Å². The molecule has 0 aliphatic rings. The van der Waals surface area contributed by atoms with E-state index in [1.807, 2.05) is 0 Å². The maximum absolute atomic E-state index is 12.1. The Morgan fingerprint density at radius 2 is 1.50 bits per heavy atom. The molecule has 0 bridgehead atoms. The van der Waals surface area contributed by atoms with Crippen LogP contribution in [0.3, 0.4) is 0 Å². The zero-order valence-electron chi connectivity index (χ0n) is 11.2. The summed E-state index contributed by atoms with van der Waals surface area (Å²) in [5, 5.41) is 57.2. The smallest absolute Gasteiger partial charge is 0.198 e. The van der Waals surface area contributed by atoms with E-state index in [-0.39, 0.29) is 16.9 Å². The van der Waals surface area contributed by atoms with Crippen LogP contribution in [0.1, 0.15) is 22.0 Å². The van der Waals surface area contributed by atoms with Crippen molar-refractivity contribution in [1.29, 1.82) is 0 Å². The molecule has 2 aromatic rings. The van der Waals surface area contributed by atoms with Crippen LogP contribution in [-0.2, 0) is 0 Å². The number of benzene rings is 2. The van der Waals surface area contributed by atoms with Gasteiger partial charge in [0.15, 0.2) is 17.3 Å². The van der Waals surface area contributed by atoms with Gasteiger partial charge in [0.1, 0.15) is 23.7 Å². The van der Waals surface area contributed by atoms with Gasteiger partial charge in [0, 0.05) is 6.07 Å². The number of Topliss-reactive ketones (excluding diaryl/α,β-unsaturated/α-hetero) is 1. The van der Waals surface area contributed by atoms with Gasteiger partial charge >= 0.3 is 0 Å². The minimum Gasteiger partial charge on any atom is -0.508 e. The lowest BCUT2D eigenvalue weighted by Crippen LogP contribution is -2.28. The Balaban J connectivity index is 2.27. The Bertz CT molecular complexity index is 711. The van der Waals surface area contributed by atoms with Crippen LogP contribution in [-0.4, -0.2) is 42.5 Å². The van der Waals surface area contributed by atoms with E-state index in [2.05, 4.69) is 0 Å². The monoisotopic (exact) mass is 306 g/mol. The lowest BCUT2D eigenvalue weighted by molar-refractivity contribution is 0.0201. The number of hydrogen-bond donors (Lipinski definition) is 6. The van der Waals surface area contributed by atoms with E-state index in [0.717, 1.165) is 30.3 Å². The molecule has 7 heteroatoms. The third-order valence-corrected chi connectivity index (χ3v) is 3.16. The summed E-state index contributed by atoms with van der Waals surface area (Å²) in [5.41, 5.74) is -0.262. The van der Waals surface area contributed by atoms with Crippen molar-refractivity contribution in [2.24, 2.45) is 0 Å². The molecule has 0 unspecified atom stereocenters. The van der Waals surface area contributed by atoms with Crippen molar-refractivity contribution in [3.8, 4) is 23.0 Å². The quantitative estimate of drug-likeness (QED) is 0.362. The molecule has 0 aliphatic heterocycles. The summed E-state index contributed by atoms with van der Waals surface area (Å²) in [6.45, 7) is 0. The van der Waals surface area contributed by atoms with E-state index in [1.54, 1.807) is 0 Å². The van der Waals surface area contributed by atoms with E-state index < -0.39 is 35.2 Å². The van der Waals surface area contributed by atoms with E-state index >= 15 is 0 Å². The van der Waals surface area contributed by atoms with Gasteiger partial charge in [0.05, 0.1) is 5.56 Å². The van der Waals surface area contributed by atoms with Gasteiger partial charge in [-0.05, 0) is 29.8 Å². The molecule has 0 amide bonds. The van der Waals surface area contributed by atoms with Crippen molar-refractivity contribution in [3.63, 3.8) is 0 Å². The van der Waals surface area contributed by atoms with E-state index in [4.69, 9.17) is 5.11 Å². The highest BCUT2D eigenvalue weighted by molar-refractivity contribution is 6.02. The summed E-state index contributed by atoms with van der Waals surface area (Å²) in [4.78, 5) is 12.1. The second kappa shape index (κ2) is 5.92. The number of ketones is 1. The molecule has 0 aromatic heterocycles. The summed E-state index contributed by atoms with van der Waals surface area (Å²) < 4.78 is 0. The Hall–Kier alpha value is -2.77. The summed E-state index contributed by atoms with van der Waals surface area (Å²) in [7, 11) is 0. The standard InChI is InChI=1S/C15H14O7/c16-8-2-3-9(11(18)6-8)14(21)15(22)13(20)7-1-4-10(17)12(19)5-7/h1-6,13,15-20,22H/t13-,15-/m0/s1. The summed E-state index contributed by atoms with van der Waals surface area (Å²) in [6, 6.07) is 6.53. The molecule has 0 radical (unpaired) electrons. The van der Waals surface area contributed by atoms with Crippen molar-refractivity contribution in [2.75, 3.05) is 0 Å². The highest BCUT2D eigenvalue weighted by atomic mass is 16.3. The fraction of sp³-hybridized carbons (Fsp3) is 0.133. The first-order valence-corrected chi connectivity index (χ1v) is 6.25. The summed E-state index contributed by atoms with van der Waals surface area (Å²) >= 11 is 0. The second-order valence-corrected chi connectivity index (χ2v) is 4.70. The van der Waals surface area contributed by atoms with Gasteiger partial charge in [0.25, 0.3) is 0 Å². The third kappa shape index (κ3) is 2.95. The molecule has 2 atom stereocenters. The molecule has 22 heavy (non-hydrogen) atoms. The van der Waals surface area contributed by atoms with E-state index in [1.165, 1.54) is 6.07 Å². The van der Waals surface area contributed by atoms with Crippen molar-refractivity contribution < 1.29 is 35.4 Å². The van der Waals surface area contributed by atoms with Crippen LogP contribution >= 0.6 is 0 Å². The number of phenols is 4. The Morgan fingerprint density at radius 3 is 2.09 bits per heavy atom. The van der Waals surface area contributed by atoms with Gasteiger partial charge in [0.2, 0.25) is 0 Å². The van der Waals surface area contributed by atoms with Crippen molar-refractivity contribution >= 4 is 5.78 Å². The molecule has 0 fully saturated rings. The molecule has 6 N–H and O–H groups in total. The highest BCUT2D eigenvalue weighted by Gasteiger charge is 2.29. The zero-order valence-corrected chi connectivity index (χ0v) is 11.2. The van der Waals surface area contributed by atoms with Crippen LogP contribution in [0.4, 0.5) is 0 Å². The van der Waals surface area contributed by atoms with Crippen LogP contribution in [0.25, 0.3) is 0 Å². The van der Waals surface area contributed by atoms with Crippen LogP contribution in [0.5, 0.6) is 23.0 Å². The van der Waals surface area contributed by atoms with Crippen molar-refractivity contribution in [2.45, 2.75) is 12.2 Å². The Kier molecular flexibility index (Phi) is 4.20. The topological polar surface area (TPSA) is 138 Å². The normalized spacial score (nSPS) is 13.5. The number of phenolic OH excluding ortho intramolecular Hbond substituents is 4. The molecule has 0 saturated heterocycles. The summed E-state index contributed by atoms with van der Waals surface area (Å²) in [5.74, 6) is -2.67. The Labute approximate surface area is 125 Å². The first-order chi connectivity index (χ1) is 10.3. The first-order valence-electron chi connectivity index (χ1n) is 6.25.